The first-order chi connectivity index (χ1) is 58.1. The summed E-state index contributed by atoms with van der Waals surface area (Å²) in [7, 11) is 5.52. The Hall–Kier alpha value is -16.1. The summed E-state index contributed by atoms with van der Waals surface area (Å²) < 4.78 is 51.8. The molecule has 27 heteroatoms. The van der Waals surface area contributed by atoms with Crippen molar-refractivity contribution in [1.82, 2.24) is 104 Å². The van der Waals surface area contributed by atoms with Gasteiger partial charge >= 0.3 is 0 Å². The number of benzene rings is 6. The van der Waals surface area contributed by atoms with Crippen LogP contribution in [0, 0.1) is 73.7 Å². The molecule has 0 bridgehead atoms. The van der Waals surface area contributed by atoms with Gasteiger partial charge < -0.3 is 16.0 Å². The third-order valence-electron chi connectivity index (χ3n) is 19.9. The molecule has 120 heavy (non-hydrogen) atoms. The third kappa shape index (κ3) is 16.5. The van der Waals surface area contributed by atoms with Crippen LogP contribution in [0.5, 0.6) is 0 Å². The summed E-state index contributed by atoms with van der Waals surface area (Å²) in [6, 6.07) is 45.9. The average Bonchev–Trinajstić information content (AvgIpc) is 1.27. The van der Waals surface area contributed by atoms with Crippen LogP contribution in [0.3, 0.4) is 0 Å². The van der Waals surface area contributed by atoms with Crippen molar-refractivity contribution in [3.63, 3.8) is 0 Å². The Kier molecular flexibility index (Phi) is 21.7. The summed E-state index contributed by atoms with van der Waals surface area (Å²) >= 11 is 0. The van der Waals surface area contributed by atoms with Gasteiger partial charge in [-0.2, -0.15) is 30.6 Å². The van der Waals surface area contributed by atoms with Crippen molar-refractivity contribution in [3.05, 3.63) is 340 Å². The Balaban J connectivity index is 0.000000134. The largest absolute Gasteiger partial charge is 0.345 e. The predicted octanol–water partition coefficient (Wildman–Crippen LogP) is 15.0. The fourth-order valence-corrected chi connectivity index (χ4v) is 14.2. The lowest BCUT2D eigenvalue weighted by molar-refractivity contribution is 0.0931. The second-order valence-corrected chi connectivity index (χ2v) is 28.5. The van der Waals surface area contributed by atoms with E-state index in [1.165, 1.54) is 36.4 Å². The molecule has 3 N–H and O–H groups in total. The second kappa shape index (κ2) is 33.4. The third-order valence-corrected chi connectivity index (χ3v) is 19.9. The number of amides is 3. The fraction of sp³-hybridized carbons (Fsp3) is 0.129. The number of hydrogen-bond donors (Lipinski definition) is 3. The zero-order valence-electron chi connectivity index (χ0n) is 66.2. The summed E-state index contributed by atoms with van der Waals surface area (Å²) in [5.41, 5.74) is 17.4. The maximum absolute atomic E-state index is 14.3. The molecule has 0 saturated heterocycles. The highest BCUT2D eigenvalue weighted by Gasteiger charge is 2.28. The van der Waals surface area contributed by atoms with Crippen molar-refractivity contribution in [1.29, 1.82) is 0 Å². The molecule has 0 saturated carbocycles. The van der Waals surface area contributed by atoms with Crippen molar-refractivity contribution in [2.75, 3.05) is 0 Å². The van der Waals surface area contributed by atoms with Gasteiger partial charge in [0, 0.05) is 126 Å². The minimum Gasteiger partial charge on any atom is -0.345 e. The standard InChI is InChI=1S/3C31H24FN7O/c1-19(35-31(40)27-20(2)37-39-14-6-13-33-30(27)39)26-16-24-8-4-7-22(12-11-21-17-34-38(3)18-21)28(24)36-29(26)23-9-5-10-25(32)15-23;1-19-28(30-33-14-5-15-39(30)37-19)31(40)35-20(2)29-26(23-10-12-24(32)13-11-23)16-25-22(6-4-7-27(25)36-29)9-8-21-17-34-38(3)18-21;1-19(35-31(40)27-20(2)37-39-15-5-14-33-30(27)39)26-16-24-7-4-6-22(9-8-21-17-34-38(3)18-21)28(24)36-29(26)23-10-12-25(32)13-11-23/h4-10,13-19H,1-3H3,(H,35,40);4-7,10-18,20H,1-3H3,(H,35,40);4-7,10-19H,1-3H3,(H,35,40). The van der Waals surface area contributed by atoms with Crippen molar-refractivity contribution < 1.29 is 27.6 Å². The highest BCUT2D eigenvalue weighted by atomic mass is 19.1. The van der Waals surface area contributed by atoms with E-state index in [0.717, 1.165) is 82.9 Å². The van der Waals surface area contributed by atoms with E-state index in [-0.39, 0.29) is 35.2 Å². The van der Waals surface area contributed by atoms with Crippen LogP contribution in [0.4, 0.5) is 13.2 Å². The summed E-state index contributed by atoms with van der Waals surface area (Å²) in [4.78, 5) is 68.4. The SMILES string of the molecule is Cc1nn2cccnc2c1C(=O)NC(C)c1cc2cccc(C#Cc3cnn(C)c3)c2nc1-c1ccc(F)cc1.Cc1nn2cccnc2c1C(=O)NC(C)c1cc2cccc(C#Cc3cnn(C)c3)c2nc1-c1cccc(F)c1.Cc1nn2cccnc2c1C(=O)NC(C)c1nc2cccc(C#Cc3cnn(C)c3)c2cc1-c1ccc(F)cc1. The molecule has 18 aromatic rings. The summed E-state index contributed by atoms with van der Waals surface area (Å²) in [6.07, 6.45) is 20.8. The van der Waals surface area contributed by atoms with Crippen LogP contribution in [0.2, 0.25) is 0 Å². The van der Waals surface area contributed by atoms with E-state index < -0.39 is 18.1 Å². The van der Waals surface area contributed by atoms with Crippen LogP contribution in [0.15, 0.2) is 238 Å². The Bertz CT molecular complexity index is 6980. The first-order valence-corrected chi connectivity index (χ1v) is 38.0. The monoisotopic (exact) mass is 1590 g/mol. The molecule has 3 atom stereocenters. The van der Waals surface area contributed by atoms with Crippen molar-refractivity contribution in [2.45, 2.75) is 59.7 Å². The average molecular weight is 1590 g/mol. The number of aryl methyl sites for hydroxylation is 6. The zero-order valence-corrected chi connectivity index (χ0v) is 66.2. The molecule has 18 rings (SSSR count). The molecule has 0 radical (unpaired) electrons. The van der Waals surface area contributed by atoms with E-state index in [1.54, 1.807) is 159 Å². The number of aromatic nitrogens is 18. The number of fused-ring (bicyclic) bond motifs is 6. The molecule has 588 valence electrons. The lowest BCUT2D eigenvalue weighted by Crippen LogP contribution is -2.28. The lowest BCUT2D eigenvalue weighted by Gasteiger charge is -2.19. The van der Waals surface area contributed by atoms with Crippen molar-refractivity contribution in [3.8, 4) is 69.2 Å². The second-order valence-electron chi connectivity index (χ2n) is 28.5. The molecular formula is C93H72F3N21O3. The molecule has 0 aliphatic heterocycles. The molecule has 12 aromatic heterocycles. The normalized spacial score (nSPS) is 11.8. The topological polar surface area (TPSA) is 270 Å². The molecule has 0 fully saturated rings. The molecule has 12 heterocycles. The Morgan fingerprint density at radius 3 is 1.23 bits per heavy atom. The number of carbonyl (C=O) groups is 3. The quantitative estimate of drug-likeness (QED) is 0.0960. The van der Waals surface area contributed by atoms with E-state index >= 15 is 0 Å². The predicted molar refractivity (Wildman–Crippen MR) is 450 cm³/mol. The molecular weight excluding hydrogens is 1520 g/mol. The number of carbonyl (C=O) groups excluding carboxylic acids is 3. The molecule has 0 aliphatic rings. The van der Waals surface area contributed by atoms with E-state index in [2.05, 4.69) is 97.0 Å². The fourth-order valence-electron chi connectivity index (χ4n) is 14.2. The van der Waals surface area contributed by atoms with Gasteiger partial charge in [-0.25, -0.2) is 56.6 Å². The van der Waals surface area contributed by atoms with Gasteiger partial charge in [-0.15, -0.1) is 0 Å². The molecule has 3 unspecified atom stereocenters. The van der Waals surface area contributed by atoms with Crippen LogP contribution >= 0.6 is 0 Å². The lowest BCUT2D eigenvalue weighted by atomic mass is 9.96. The molecule has 6 aromatic carbocycles. The van der Waals surface area contributed by atoms with E-state index in [4.69, 9.17) is 15.0 Å². The van der Waals surface area contributed by atoms with Gasteiger partial charge in [0.05, 0.1) is 115 Å². The molecule has 3 amide bonds. The summed E-state index contributed by atoms with van der Waals surface area (Å²) in [6.45, 7) is 11.0. The number of rotatable bonds is 12. The molecule has 0 spiro atoms. The van der Waals surface area contributed by atoms with Gasteiger partial charge in [0.15, 0.2) is 16.9 Å². The Morgan fingerprint density at radius 1 is 0.400 bits per heavy atom. The van der Waals surface area contributed by atoms with Gasteiger partial charge in [0.25, 0.3) is 17.7 Å². The van der Waals surface area contributed by atoms with Crippen molar-refractivity contribution >= 4 is 67.4 Å². The highest BCUT2D eigenvalue weighted by Crippen LogP contribution is 2.37. The van der Waals surface area contributed by atoms with E-state index in [1.807, 2.05) is 133 Å². The number of para-hydroxylation sites is 2. The summed E-state index contributed by atoms with van der Waals surface area (Å²) in [5, 5.41) is 37.5. The van der Waals surface area contributed by atoms with Gasteiger partial charge in [0.2, 0.25) is 0 Å². The number of nitrogens with zero attached hydrogens (tertiary/aromatic N) is 18. The van der Waals surface area contributed by atoms with E-state index in [9.17, 15) is 27.6 Å². The molecule has 24 nitrogen and oxygen atoms in total. The van der Waals surface area contributed by atoms with Gasteiger partial charge in [-0.1, -0.05) is 90.1 Å². The van der Waals surface area contributed by atoms with Gasteiger partial charge in [-0.3, -0.25) is 28.4 Å². The smallest absolute Gasteiger partial charge is 0.257 e. The van der Waals surface area contributed by atoms with Crippen LogP contribution in [-0.4, -0.2) is 106 Å². The first-order valence-electron chi connectivity index (χ1n) is 38.0. The van der Waals surface area contributed by atoms with Gasteiger partial charge in [-0.05, 0) is 156 Å². The maximum atomic E-state index is 14.3. The number of hydrogen-bond acceptors (Lipinski definition) is 15. The molecule has 0 aliphatic carbocycles. The first kappa shape index (κ1) is 77.8. The maximum Gasteiger partial charge on any atom is 0.257 e. The minimum atomic E-state index is -0.486. The Labute approximate surface area is 684 Å². The van der Waals surface area contributed by atoms with E-state index in [0.29, 0.717) is 84.4 Å². The minimum absolute atomic E-state index is 0.292. The highest BCUT2D eigenvalue weighted by molar-refractivity contribution is 6.03. The number of halogens is 3. The van der Waals surface area contributed by atoms with Crippen molar-refractivity contribution in [2.24, 2.45) is 21.1 Å². The summed E-state index contributed by atoms with van der Waals surface area (Å²) in [5.74, 6) is 17.1. The van der Waals surface area contributed by atoms with Crippen LogP contribution in [-0.2, 0) is 21.1 Å². The zero-order chi connectivity index (χ0) is 83.4. The van der Waals surface area contributed by atoms with Crippen LogP contribution in [0.25, 0.3) is 83.3 Å². The Morgan fingerprint density at radius 2 is 0.800 bits per heavy atom. The van der Waals surface area contributed by atoms with Crippen LogP contribution in [0.1, 0.15) is 137 Å². The van der Waals surface area contributed by atoms with Gasteiger partial charge in [0.1, 0.15) is 34.1 Å². The number of pyridine rings is 3. The number of nitrogens with one attached hydrogen (secondary N) is 3. The van der Waals surface area contributed by atoms with Crippen LogP contribution < -0.4 is 16.0 Å².